The number of aliphatic hydroxyl groups excluding tert-OH is 1. The van der Waals surface area contributed by atoms with Crippen LogP contribution in [0.15, 0.2) is 12.1 Å². The van der Waals surface area contributed by atoms with E-state index in [0.717, 1.165) is 12.5 Å². The SMILES string of the molecule is O=[N+]([O-])c1cc(C(F)(F)F)c(Cl)cc1N1CCCC(CO)C1. The van der Waals surface area contributed by atoms with Crippen LogP contribution in [0.5, 0.6) is 0 Å². The first kappa shape index (κ1) is 16.8. The van der Waals surface area contributed by atoms with Crippen molar-refractivity contribution in [1.29, 1.82) is 0 Å². The van der Waals surface area contributed by atoms with Gasteiger partial charge < -0.3 is 10.0 Å². The van der Waals surface area contributed by atoms with Crippen LogP contribution in [0, 0.1) is 16.0 Å². The van der Waals surface area contributed by atoms with Crippen LogP contribution in [-0.2, 0) is 6.18 Å². The average Bonchev–Trinajstić information content (AvgIpc) is 2.45. The molecule has 1 heterocycles. The van der Waals surface area contributed by atoms with E-state index in [1.807, 2.05) is 0 Å². The monoisotopic (exact) mass is 338 g/mol. The second-order valence-corrected chi connectivity index (χ2v) is 5.62. The lowest BCUT2D eigenvalue weighted by Gasteiger charge is -2.33. The van der Waals surface area contributed by atoms with Gasteiger partial charge in [-0.15, -0.1) is 0 Å². The van der Waals surface area contributed by atoms with E-state index in [1.165, 1.54) is 0 Å². The van der Waals surface area contributed by atoms with Crippen molar-refractivity contribution in [3.05, 3.63) is 32.8 Å². The van der Waals surface area contributed by atoms with Gasteiger partial charge in [-0.25, -0.2) is 0 Å². The second kappa shape index (κ2) is 6.29. The van der Waals surface area contributed by atoms with Crippen LogP contribution < -0.4 is 4.90 Å². The third-order valence-corrected chi connectivity index (χ3v) is 4.00. The lowest BCUT2D eigenvalue weighted by Crippen LogP contribution is -2.37. The van der Waals surface area contributed by atoms with E-state index in [4.69, 9.17) is 11.6 Å². The van der Waals surface area contributed by atoms with E-state index >= 15 is 0 Å². The van der Waals surface area contributed by atoms with Crippen LogP contribution in [0.1, 0.15) is 18.4 Å². The lowest BCUT2D eigenvalue weighted by molar-refractivity contribution is -0.384. The molecule has 1 aliphatic rings. The fourth-order valence-corrected chi connectivity index (χ4v) is 2.87. The van der Waals surface area contributed by atoms with Gasteiger partial charge in [-0.1, -0.05) is 11.6 Å². The first-order valence-corrected chi connectivity index (χ1v) is 7.02. The highest BCUT2D eigenvalue weighted by Gasteiger charge is 2.37. The van der Waals surface area contributed by atoms with E-state index in [9.17, 15) is 28.4 Å². The zero-order chi connectivity index (χ0) is 16.5. The third-order valence-electron chi connectivity index (χ3n) is 3.68. The van der Waals surface area contributed by atoms with Crippen molar-refractivity contribution < 1.29 is 23.2 Å². The number of hydrogen-bond acceptors (Lipinski definition) is 4. The molecule has 1 aliphatic heterocycles. The predicted molar refractivity (Wildman–Crippen MR) is 75.1 cm³/mol. The summed E-state index contributed by atoms with van der Waals surface area (Å²) in [6.07, 6.45) is -3.29. The highest BCUT2D eigenvalue weighted by atomic mass is 35.5. The summed E-state index contributed by atoms with van der Waals surface area (Å²) in [7, 11) is 0. The van der Waals surface area contributed by atoms with Gasteiger partial charge in [0.2, 0.25) is 0 Å². The van der Waals surface area contributed by atoms with Gasteiger partial charge >= 0.3 is 6.18 Å². The smallest absolute Gasteiger partial charge is 0.396 e. The van der Waals surface area contributed by atoms with Crippen molar-refractivity contribution in [2.45, 2.75) is 19.0 Å². The number of hydrogen-bond donors (Lipinski definition) is 1. The molecule has 0 spiro atoms. The Morgan fingerprint density at radius 3 is 2.68 bits per heavy atom. The van der Waals surface area contributed by atoms with Crippen molar-refractivity contribution in [2.75, 3.05) is 24.6 Å². The molecule has 0 radical (unpaired) electrons. The first-order valence-electron chi connectivity index (χ1n) is 6.65. The predicted octanol–water partition coefficient (Wildman–Crippen LogP) is 3.48. The Kier molecular flexibility index (Phi) is 4.81. The number of piperidine rings is 1. The Bertz CT molecular complexity index is 580. The Balaban J connectivity index is 2.47. The van der Waals surface area contributed by atoms with Gasteiger partial charge in [0.25, 0.3) is 5.69 Å². The molecule has 1 saturated heterocycles. The summed E-state index contributed by atoms with van der Waals surface area (Å²) >= 11 is 5.66. The molecule has 0 aromatic heterocycles. The van der Waals surface area contributed by atoms with Gasteiger partial charge in [0.1, 0.15) is 5.69 Å². The fraction of sp³-hybridized carbons (Fsp3) is 0.538. The molecule has 1 N–H and O–H groups in total. The zero-order valence-corrected chi connectivity index (χ0v) is 12.2. The van der Waals surface area contributed by atoms with Crippen molar-refractivity contribution in [2.24, 2.45) is 5.92 Å². The maximum Gasteiger partial charge on any atom is 0.418 e. The molecule has 5 nitrogen and oxygen atoms in total. The van der Waals surface area contributed by atoms with Crippen molar-refractivity contribution in [3.8, 4) is 0 Å². The number of nitrogens with zero attached hydrogens (tertiary/aromatic N) is 2. The third kappa shape index (κ3) is 3.44. The topological polar surface area (TPSA) is 66.6 Å². The normalized spacial score (nSPS) is 19.3. The summed E-state index contributed by atoms with van der Waals surface area (Å²) in [5.41, 5.74) is -1.79. The molecule has 1 aromatic carbocycles. The number of nitro groups is 1. The average molecular weight is 339 g/mol. The minimum absolute atomic E-state index is 0.0566. The number of nitro benzene ring substituents is 1. The summed E-state index contributed by atoms with van der Waals surface area (Å²) in [6, 6.07) is 1.46. The Labute approximate surface area is 129 Å². The molecule has 0 bridgehead atoms. The maximum absolute atomic E-state index is 12.8. The van der Waals surface area contributed by atoms with Crippen LogP contribution in [-0.4, -0.2) is 29.7 Å². The minimum atomic E-state index is -4.75. The Morgan fingerprint density at radius 1 is 1.45 bits per heavy atom. The van der Waals surface area contributed by atoms with Crippen LogP contribution in [0.4, 0.5) is 24.5 Å². The molecule has 1 unspecified atom stereocenters. The molecule has 122 valence electrons. The van der Waals surface area contributed by atoms with Crippen LogP contribution in [0.25, 0.3) is 0 Å². The Morgan fingerprint density at radius 2 is 2.14 bits per heavy atom. The van der Waals surface area contributed by atoms with Crippen molar-refractivity contribution in [1.82, 2.24) is 0 Å². The molecular weight excluding hydrogens is 325 g/mol. The quantitative estimate of drug-likeness (QED) is 0.677. The largest absolute Gasteiger partial charge is 0.418 e. The molecule has 0 aliphatic carbocycles. The number of rotatable bonds is 3. The molecule has 0 amide bonds. The van der Waals surface area contributed by atoms with E-state index in [2.05, 4.69) is 0 Å². The number of anilines is 1. The summed E-state index contributed by atoms with van der Waals surface area (Å²) < 4.78 is 38.5. The minimum Gasteiger partial charge on any atom is -0.396 e. The number of halogens is 4. The highest BCUT2D eigenvalue weighted by Crippen LogP contribution is 2.42. The van der Waals surface area contributed by atoms with Gasteiger partial charge in [-0.3, -0.25) is 10.1 Å². The highest BCUT2D eigenvalue weighted by molar-refractivity contribution is 6.31. The number of benzene rings is 1. The van der Waals surface area contributed by atoms with Gasteiger partial charge in [-0.2, -0.15) is 13.2 Å². The lowest BCUT2D eigenvalue weighted by atomic mass is 9.98. The van der Waals surface area contributed by atoms with E-state index < -0.39 is 27.4 Å². The van der Waals surface area contributed by atoms with E-state index in [-0.39, 0.29) is 18.2 Å². The van der Waals surface area contributed by atoms with Crippen LogP contribution in [0.3, 0.4) is 0 Å². The van der Waals surface area contributed by atoms with Gasteiger partial charge in [0.15, 0.2) is 0 Å². The Hall–Kier alpha value is -1.54. The van der Waals surface area contributed by atoms with Crippen LogP contribution >= 0.6 is 11.6 Å². The summed E-state index contributed by atoms with van der Waals surface area (Å²) in [5.74, 6) is -0.0607. The molecule has 9 heteroatoms. The maximum atomic E-state index is 12.8. The molecule has 1 atom stereocenters. The van der Waals surface area contributed by atoms with Gasteiger partial charge in [-0.05, 0) is 24.8 Å². The molecular formula is C13H14ClF3N2O3. The van der Waals surface area contributed by atoms with Gasteiger partial charge in [0.05, 0.1) is 15.5 Å². The number of aliphatic hydroxyl groups is 1. The van der Waals surface area contributed by atoms with Crippen molar-refractivity contribution in [3.63, 3.8) is 0 Å². The first-order chi connectivity index (χ1) is 10.2. The summed E-state index contributed by atoms with van der Waals surface area (Å²) in [5, 5.41) is 19.8. The molecule has 2 rings (SSSR count). The number of alkyl halides is 3. The molecule has 1 aromatic rings. The fourth-order valence-electron chi connectivity index (χ4n) is 2.60. The van der Waals surface area contributed by atoms with E-state index in [1.54, 1.807) is 4.90 Å². The van der Waals surface area contributed by atoms with E-state index in [0.29, 0.717) is 25.6 Å². The molecule has 22 heavy (non-hydrogen) atoms. The van der Waals surface area contributed by atoms with Crippen LogP contribution in [0.2, 0.25) is 5.02 Å². The standard InChI is InChI=1S/C13H14ClF3N2O3/c14-10-5-11(18-3-1-2-8(6-18)7-20)12(19(21)22)4-9(10)13(15,16)17/h4-5,8,20H,1-3,6-7H2. The summed E-state index contributed by atoms with van der Waals surface area (Å²) in [4.78, 5) is 11.9. The van der Waals surface area contributed by atoms with Crippen molar-refractivity contribution >= 4 is 23.0 Å². The second-order valence-electron chi connectivity index (χ2n) is 5.21. The molecule has 1 fully saturated rings. The molecule has 0 saturated carbocycles. The zero-order valence-electron chi connectivity index (χ0n) is 11.4. The summed E-state index contributed by atoms with van der Waals surface area (Å²) in [6.45, 7) is 0.747. The van der Waals surface area contributed by atoms with Gasteiger partial charge in [0, 0.05) is 25.8 Å².